The van der Waals surface area contributed by atoms with Gasteiger partial charge >= 0.3 is 6.09 Å². The highest BCUT2D eigenvalue weighted by Gasteiger charge is 2.19. The second kappa shape index (κ2) is 8.31. The van der Waals surface area contributed by atoms with Gasteiger partial charge in [0.1, 0.15) is 16.1 Å². The molecule has 2 heterocycles. The quantitative estimate of drug-likeness (QED) is 0.399. The number of aromatic nitrogens is 1. The predicted molar refractivity (Wildman–Crippen MR) is 130 cm³/mol. The van der Waals surface area contributed by atoms with Gasteiger partial charge in [0, 0.05) is 21.9 Å². The third kappa shape index (κ3) is 4.21. The van der Waals surface area contributed by atoms with E-state index in [1.54, 1.807) is 7.11 Å². The van der Waals surface area contributed by atoms with Crippen LogP contribution >= 0.6 is 11.3 Å². The van der Waals surface area contributed by atoms with Crippen molar-refractivity contribution in [2.24, 2.45) is 0 Å². The first kappa shape index (κ1) is 21.9. The van der Waals surface area contributed by atoms with E-state index < -0.39 is 11.7 Å². The van der Waals surface area contributed by atoms with E-state index in [4.69, 9.17) is 9.47 Å². The maximum Gasteiger partial charge on any atom is 0.408 e. The Hall–Kier alpha value is -3.32. The fourth-order valence-electron chi connectivity index (χ4n) is 3.79. The zero-order chi connectivity index (χ0) is 23.0. The number of nitrogens with one attached hydrogen (secondary N) is 2. The van der Waals surface area contributed by atoms with Gasteiger partial charge in [-0.25, -0.2) is 4.79 Å². The zero-order valence-electron chi connectivity index (χ0n) is 18.7. The number of alkyl carbamates (subject to hydrolysis) is 1. The van der Waals surface area contributed by atoms with Crippen LogP contribution in [-0.4, -0.2) is 23.8 Å². The minimum absolute atomic E-state index is 0.0870. The number of H-pyrrole nitrogens is 1. The standard InChI is InChI=1S/C25H26N2O4S/c1-14(26-24(29)31-25(2,3)4)15-6-8-16(9-7-15)20-19(30-5)11-10-18-21(20)17-12-13-32-22(17)23(28)27-18/h6-14H,1-5H3,(H,26,29)(H,27,28)/t14-/m1/s1. The van der Waals surface area contributed by atoms with Crippen molar-refractivity contribution in [3.05, 3.63) is 63.8 Å². The van der Waals surface area contributed by atoms with Crippen LogP contribution in [0.3, 0.4) is 0 Å². The predicted octanol–water partition coefficient (Wildman–Crippen LogP) is 6.00. The molecule has 0 aliphatic rings. The summed E-state index contributed by atoms with van der Waals surface area (Å²) in [6.07, 6.45) is -0.450. The Morgan fingerprint density at radius 1 is 1.09 bits per heavy atom. The molecule has 1 atom stereocenters. The van der Waals surface area contributed by atoms with Crippen LogP contribution < -0.4 is 15.6 Å². The smallest absolute Gasteiger partial charge is 0.408 e. The second-order valence-corrected chi connectivity index (χ2v) is 9.59. The van der Waals surface area contributed by atoms with Crippen LogP contribution in [0, 0.1) is 0 Å². The van der Waals surface area contributed by atoms with Crippen LogP contribution in [0.15, 0.2) is 52.6 Å². The number of methoxy groups -OCH3 is 1. The molecule has 4 rings (SSSR count). The highest BCUT2D eigenvalue weighted by molar-refractivity contribution is 7.17. The van der Waals surface area contributed by atoms with Gasteiger partial charge < -0.3 is 19.8 Å². The molecule has 6 nitrogen and oxygen atoms in total. The van der Waals surface area contributed by atoms with Gasteiger partial charge in [-0.1, -0.05) is 24.3 Å². The fraction of sp³-hybridized carbons (Fsp3) is 0.280. The Morgan fingerprint density at radius 3 is 2.47 bits per heavy atom. The summed E-state index contributed by atoms with van der Waals surface area (Å²) in [7, 11) is 1.64. The van der Waals surface area contributed by atoms with Crippen molar-refractivity contribution in [3.63, 3.8) is 0 Å². The number of ether oxygens (including phenoxy) is 2. The van der Waals surface area contributed by atoms with E-state index in [2.05, 4.69) is 10.3 Å². The molecule has 32 heavy (non-hydrogen) atoms. The van der Waals surface area contributed by atoms with E-state index in [-0.39, 0.29) is 11.6 Å². The zero-order valence-corrected chi connectivity index (χ0v) is 19.6. The van der Waals surface area contributed by atoms with Gasteiger partial charge in [0.2, 0.25) is 0 Å². The Kier molecular flexibility index (Phi) is 5.69. The molecule has 2 aromatic carbocycles. The number of fused-ring (bicyclic) bond motifs is 3. The Balaban J connectivity index is 1.74. The molecule has 0 saturated carbocycles. The molecule has 0 spiro atoms. The maximum atomic E-state index is 12.4. The molecular formula is C25H26N2O4S. The molecule has 0 aliphatic carbocycles. The normalized spacial score (nSPS) is 12.7. The summed E-state index contributed by atoms with van der Waals surface area (Å²) in [5.74, 6) is 0.727. The molecule has 1 amide bonds. The summed E-state index contributed by atoms with van der Waals surface area (Å²) >= 11 is 1.43. The number of rotatable bonds is 4. The van der Waals surface area contributed by atoms with Crippen molar-refractivity contribution in [2.45, 2.75) is 39.3 Å². The first-order chi connectivity index (χ1) is 15.2. The van der Waals surface area contributed by atoms with Crippen molar-refractivity contribution in [1.29, 1.82) is 0 Å². The number of amides is 1. The number of hydrogen-bond acceptors (Lipinski definition) is 5. The number of carbonyl (C=O) groups excluding carboxylic acids is 1. The molecule has 2 aromatic heterocycles. The molecule has 166 valence electrons. The van der Waals surface area contributed by atoms with Crippen molar-refractivity contribution >= 4 is 38.4 Å². The summed E-state index contributed by atoms with van der Waals surface area (Å²) in [5, 5.41) is 6.65. The summed E-state index contributed by atoms with van der Waals surface area (Å²) in [5.41, 5.74) is 2.96. The third-order valence-corrected chi connectivity index (χ3v) is 6.12. The van der Waals surface area contributed by atoms with Gasteiger partial charge in [-0.05, 0) is 62.4 Å². The van der Waals surface area contributed by atoms with Crippen molar-refractivity contribution in [3.8, 4) is 16.9 Å². The van der Waals surface area contributed by atoms with E-state index in [1.165, 1.54) is 11.3 Å². The maximum absolute atomic E-state index is 12.4. The molecule has 0 unspecified atom stereocenters. The molecule has 0 saturated heterocycles. The number of pyridine rings is 1. The third-order valence-electron chi connectivity index (χ3n) is 5.21. The lowest BCUT2D eigenvalue weighted by Gasteiger charge is -2.22. The van der Waals surface area contributed by atoms with Gasteiger partial charge in [0.15, 0.2) is 0 Å². The summed E-state index contributed by atoms with van der Waals surface area (Å²) in [6, 6.07) is 13.5. The van der Waals surface area contributed by atoms with Crippen LogP contribution in [0.5, 0.6) is 5.75 Å². The molecular weight excluding hydrogens is 424 g/mol. The van der Waals surface area contributed by atoms with Crippen molar-refractivity contribution < 1.29 is 14.3 Å². The lowest BCUT2D eigenvalue weighted by atomic mass is 9.95. The highest BCUT2D eigenvalue weighted by atomic mass is 32.1. The molecule has 0 aliphatic heterocycles. The van der Waals surface area contributed by atoms with Crippen LogP contribution in [0.4, 0.5) is 4.79 Å². The topological polar surface area (TPSA) is 80.4 Å². The molecule has 4 aromatic rings. The summed E-state index contributed by atoms with van der Waals surface area (Å²) < 4.78 is 11.7. The van der Waals surface area contributed by atoms with E-state index in [9.17, 15) is 9.59 Å². The van der Waals surface area contributed by atoms with Crippen LogP contribution in [0.25, 0.3) is 32.1 Å². The molecule has 2 N–H and O–H groups in total. The monoisotopic (exact) mass is 450 g/mol. The fourth-order valence-corrected chi connectivity index (χ4v) is 4.59. The molecule has 7 heteroatoms. The van der Waals surface area contributed by atoms with Gasteiger partial charge in [-0.2, -0.15) is 0 Å². The number of benzene rings is 2. The number of aromatic amines is 1. The highest BCUT2D eigenvalue weighted by Crippen LogP contribution is 2.40. The van der Waals surface area contributed by atoms with E-state index in [1.807, 2.05) is 75.5 Å². The number of thiophene rings is 1. The minimum Gasteiger partial charge on any atom is -0.496 e. The van der Waals surface area contributed by atoms with Gasteiger partial charge in [-0.3, -0.25) is 4.79 Å². The van der Waals surface area contributed by atoms with Gasteiger partial charge in [0.25, 0.3) is 5.56 Å². The van der Waals surface area contributed by atoms with Gasteiger partial charge in [0.05, 0.1) is 13.2 Å². The number of hydrogen-bond donors (Lipinski definition) is 2. The average molecular weight is 451 g/mol. The van der Waals surface area contributed by atoms with E-state index >= 15 is 0 Å². The number of carbonyl (C=O) groups is 1. The van der Waals surface area contributed by atoms with Crippen molar-refractivity contribution in [1.82, 2.24) is 10.3 Å². The SMILES string of the molecule is COc1ccc2[nH]c(=O)c3sccc3c2c1-c1ccc([C@@H](C)NC(=O)OC(C)(C)C)cc1. The Morgan fingerprint density at radius 2 is 1.81 bits per heavy atom. The van der Waals surface area contributed by atoms with E-state index in [0.717, 1.165) is 38.7 Å². The lowest BCUT2D eigenvalue weighted by Crippen LogP contribution is -2.34. The van der Waals surface area contributed by atoms with Crippen LogP contribution in [0.1, 0.15) is 39.3 Å². The van der Waals surface area contributed by atoms with E-state index in [0.29, 0.717) is 4.70 Å². The molecule has 0 radical (unpaired) electrons. The molecule has 0 fully saturated rings. The lowest BCUT2D eigenvalue weighted by molar-refractivity contribution is 0.0508. The second-order valence-electron chi connectivity index (χ2n) is 8.67. The Labute approximate surface area is 190 Å². The molecule has 0 bridgehead atoms. The average Bonchev–Trinajstić information content (AvgIpc) is 3.22. The Bertz CT molecular complexity index is 1350. The van der Waals surface area contributed by atoms with Crippen LogP contribution in [0.2, 0.25) is 0 Å². The first-order valence-corrected chi connectivity index (χ1v) is 11.3. The minimum atomic E-state index is -0.549. The van der Waals surface area contributed by atoms with Crippen LogP contribution in [-0.2, 0) is 4.74 Å². The first-order valence-electron chi connectivity index (χ1n) is 10.4. The summed E-state index contributed by atoms with van der Waals surface area (Å²) in [6.45, 7) is 7.42. The largest absolute Gasteiger partial charge is 0.496 e. The van der Waals surface area contributed by atoms with Gasteiger partial charge in [-0.15, -0.1) is 11.3 Å². The summed E-state index contributed by atoms with van der Waals surface area (Å²) in [4.78, 5) is 27.5. The van der Waals surface area contributed by atoms with Crippen molar-refractivity contribution in [2.75, 3.05) is 7.11 Å².